The summed E-state index contributed by atoms with van der Waals surface area (Å²) in [6.45, 7) is 6.11. The molecule has 0 saturated carbocycles. The van der Waals surface area contributed by atoms with Crippen LogP contribution in [0.25, 0.3) is 0 Å². The van der Waals surface area contributed by atoms with Gasteiger partial charge in [-0.05, 0) is 50.7 Å². The minimum atomic E-state index is 1.30. The van der Waals surface area contributed by atoms with E-state index in [1.165, 1.54) is 10.5 Å². The van der Waals surface area contributed by atoms with Gasteiger partial charge in [0.15, 0.2) is 0 Å². The lowest BCUT2D eigenvalue weighted by atomic mass is 10.2. The molecule has 0 aliphatic rings. The molecule has 0 N–H and O–H groups in total. The molecule has 0 atom stereocenters. The van der Waals surface area contributed by atoms with Crippen LogP contribution in [-0.2, 0) is 0 Å². The molecular formula is C11H19NS. The molecule has 0 fully saturated rings. The monoisotopic (exact) mass is 197 g/mol. The first-order valence-electron chi connectivity index (χ1n) is 4.60. The van der Waals surface area contributed by atoms with Gasteiger partial charge in [0.2, 0.25) is 0 Å². The van der Waals surface area contributed by atoms with Gasteiger partial charge in [-0.25, -0.2) is 0 Å². The lowest BCUT2D eigenvalue weighted by molar-refractivity contribution is 0.702. The number of aryl methyl sites for hydroxylation is 1. The van der Waals surface area contributed by atoms with Gasteiger partial charge >= 0.3 is 0 Å². The first kappa shape index (κ1) is 12.5. The second-order valence-electron chi connectivity index (χ2n) is 2.72. The van der Waals surface area contributed by atoms with Gasteiger partial charge in [0, 0.05) is 4.90 Å². The van der Waals surface area contributed by atoms with E-state index < -0.39 is 0 Å². The molecule has 0 heterocycles. The van der Waals surface area contributed by atoms with Crippen molar-refractivity contribution >= 4 is 11.9 Å². The fraction of sp³-hybridized carbons (Fsp3) is 0.455. The normalized spacial score (nSPS) is 9.38. The van der Waals surface area contributed by atoms with E-state index in [1.54, 1.807) is 11.9 Å². The third kappa shape index (κ3) is 5.72. The Morgan fingerprint density at radius 3 is 2.23 bits per heavy atom. The van der Waals surface area contributed by atoms with E-state index in [-0.39, 0.29) is 0 Å². The molecule has 74 valence electrons. The van der Waals surface area contributed by atoms with Gasteiger partial charge in [-0.15, -0.1) is 0 Å². The third-order valence-corrected chi connectivity index (χ3v) is 2.11. The average molecular weight is 197 g/mol. The molecule has 0 aromatic heterocycles. The molecule has 0 amide bonds. The van der Waals surface area contributed by atoms with Crippen LogP contribution in [0.15, 0.2) is 29.2 Å². The number of rotatable bonds is 2. The van der Waals surface area contributed by atoms with Gasteiger partial charge in [0.05, 0.1) is 0 Å². The zero-order valence-corrected chi connectivity index (χ0v) is 9.98. The minimum Gasteiger partial charge on any atom is -0.253 e. The van der Waals surface area contributed by atoms with Crippen molar-refractivity contribution in [2.45, 2.75) is 25.7 Å². The summed E-state index contributed by atoms with van der Waals surface area (Å²) in [5.41, 5.74) is 1.32. The van der Waals surface area contributed by atoms with E-state index in [0.717, 1.165) is 0 Å². The molecule has 13 heavy (non-hydrogen) atoms. The van der Waals surface area contributed by atoms with E-state index in [2.05, 4.69) is 35.5 Å². The molecular weight excluding hydrogens is 178 g/mol. The summed E-state index contributed by atoms with van der Waals surface area (Å²) < 4.78 is 2.09. The number of nitrogens with zero attached hydrogens (tertiary/aromatic N) is 1. The topological polar surface area (TPSA) is 3.24 Å². The third-order valence-electron chi connectivity index (χ3n) is 1.28. The fourth-order valence-electron chi connectivity index (χ4n) is 0.883. The van der Waals surface area contributed by atoms with Gasteiger partial charge < -0.3 is 0 Å². The Kier molecular flexibility index (Phi) is 6.73. The van der Waals surface area contributed by atoms with E-state index in [0.29, 0.717) is 0 Å². The lowest BCUT2D eigenvalue weighted by Gasteiger charge is -2.07. The molecule has 0 aliphatic heterocycles. The Balaban J connectivity index is 0.000000671. The molecule has 0 spiro atoms. The second-order valence-corrected chi connectivity index (χ2v) is 4.10. The van der Waals surface area contributed by atoms with Crippen molar-refractivity contribution in [1.82, 2.24) is 4.31 Å². The Labute approximate surface area is 86.3 Å². The van der Waals surface area contributed by atoms with E-state index in [4.69, 9.17) is 0 Å². The highest BCUT2D eigenvalue weighted by atomic mass is 32.2. The van der Waals surface area contributed by atoms with E-state index >= 15 is 0 Å². The van der Waals surface area contributed by atoms with Crippen molar-refractivity contribution in [3.05, 3.63) is 29.8 Å². The second kappa shape index (κ2) is 6.98. The highest BCUT2D eigenvalue weighted by molar-refractivity contribution is 7.97. The summed E-state index contributed by atoms with van der Waals surface area (Å²) in [6.07, 6.45) is 0. The zero-order valence-electron chi connectivity index (χ0n) is 9.16. The van der Waals surface area contributed by atoms with Gasteiger partial charge in [-0.2, -0.15) is 0 Å². The summed E-state index contributed by atoms with van der Waals surface area (Å²) in [5, 5.41) is 0. The van der Waals surface area contributed by atoms with Crippen LogP contribution in [0, 0.1) is 6.92 Å². The largest absolute Gasteiger partial charge is 0.253 e. The van der Waals surface area contributed by atoms with Crippen LogP contribution in [0.5, 0.6) is 0 Å². The summed E-state index contributed by atoms with van der Waals surface area (Å²) >= 11 is 1.75. The summed E-state index contributed by atoms with van der Waals surface area (Å²) in [7, 11) is 4.10. The Morgan fingerprint density at radius 2 is 1.77 bits per heavy atom. The minimum absolute atomic E-state index is 1.30. The average Bonchev–Trinajstić information content (AvgIpc) is 2.06. The molecule has 1 rings (SSSR count). The van der Waals surface area contributed by atoms with Crippen molar-refractivity contribution in [1.29, 1.82) is 0 Å². The smallest absolute Gasteiger partial charge is 0.0232 e. The predicted octanol–water partition coefficient (Wildman–Crippen LogP) is 3.59. The molecule has 0 saturated heterocycles. The molecule has 1 nitrogen and oxygen atoms in total. The van der Waals surface area contributed by atoms with Crippen LogP contribution in [0.4, 0.5) is 0 Å². The summed E-state index contributed by atoms with van der Waals surface area (Å²) in [5.74, 6) is 0. The quantitative estimate of drug-likeness (QED) is 0.667. The number of benzene rings is 1. The van der Waals surface area contributed by atoms with Crippen LogP contribution in [0.1, 0.15) is 19.4 Å². The van der Waals surface area contributed by atoms with Crippen LogP contribution in [0.3, 0.4) is 0 Å². The van der Waals surface area contributed by atoms with Crippen LogP contribution in [0.2, 0.25) is 0 Å². The highest BCUT2D eigenvalue weighted by Crippen LogP contribution is 2.19. The van der Waals surface area contributed by atoms with Crippen molar-refractivity contribution in [3.63, 3.8) is 0 Å². The van der Waals surface area contributed by atoms with Gasteiger partial charge in [-0.1, -0.05) is 26.0 Å². The summed E-state index contributed by atoms with van der Waals surface area (Å²) in [4.78, 5) is 1.30. The standard InChI is InChI=1S/C9H13NS.C2H6/c1-8-5-4-6-9(7-8)11-10(2)3;1-2/h4-7H,1-3H3;1-2H3. The maximum atomic E-state index is 2.19. The van der Waals surface area contributed by atoms with Gasteiger partial charge in [-0.3, -0.25) is 4.31 Å². The molecule has 1 aromatic rings. The van der Waals surface area contributed by atoms with Crippen molar-refractivity contribution in [2.75, 3.05) is 14.1 Å². The number of hydrogen-bond acceptors (Lipinski definition) is 2. The zero-order chi connectivity index (χ0) is 10.3. The van der Waals surface area contributed by atoms with Crippen molar-refractivity contribution in [2.24, 2.45) is 0 Å². The SMILES string of the molecule is CC.Cc1cccc(SN(C)C)c1. The fourth-order valence-corrected chi connectivity index (χ4v) is 1.68. The molecule has 2 heteroatoms. The van der Waals surface area contributed by atoms with E-state index in [9.17, 15) is 0 Å². The van der Waals surface area contributed by atoms with Crippen LogP contribution >= 0.6 is 11.9 Å². The van der Waals surface area contributed by atoms with Crippen LogP contribution in [-0.4, -0.2) is 18.4 Å². The highest BCUT2D eigenvalue weighted by Gasteiger charge is 1.94. The molecule has 0 radical (unpaired) electrons. The summed E-state index contributed by atoms with van der Waals surface area (Å²) in [6, 6.07) is 8.50. The van der Waals surface area contributed by atoms with E-state index in [1.807, 2.05) is 27.9 Å². The Hall–Kier alpha value is -0.470. The maximum Gasteiger partial charge on any atom is 0.0232 e. The van der Waals surface area contributed by atoms with Gasteiger partial charge in [0.25, 0.3) is 0 Å². The van der Waals surface area contributed by atoms with Gasteiger partial charge in [0.1, 0.15) is 0 Å². The van der Waals surface area contributed by atoms with Crippen molar-refractivity contribution in [3.8, 4) is 0 Å². The lowest BCUT2D eigenvalue weighted by Crippen LogP contribution is -1.98. The molecule has 0 unspecified atom stereocenters. The maximum absolute atomic E-state index is 2.19. The molecule has 1 aromatic carbocycles. The first-order chi connectivity index (χ1) is 6.18. The van der Waals surface area contributed by atoms with Crippen LogP contribution < -0.4 is 0 Å². The number of hydrogen-bond donors (Lipinski definition) is 0. The Morgan fingerprint density at radius 1 is 1.15 bits per heavy atom. The van der Waals surface area contributed by atoms with Crippen molar-refractivity contribution < 1.29 is 0 Å². The Bertz CT molecular complexity index is 233. The first-order valence-corrected chi connectivity index (χ1v) is 5.38. The molecule has 0 aliphatic carbocycles. The molecule has 0 bridgehead atoms. The predicted molar refractivity (Wildman–Crippen MR) is 62.1 cm³/mol.